The van der Waals surface area contributed by atoms with E-state index >= 15 is 0 Å². The number of nitrogens with zero attached hydrogens (tertiary/aromatic N) is 3. The summed E-state index contributed by atoms with van der Waals surface area (Å²) in [6.07, 6.45) is 0. The van der Waals surface area contributed by atoms with E-state index in [2.05, 4.69) is 22.3 Å². The van der Waals surface area contributed by atoms with Crippen molar-refractivity contribution in [2.75, 3.05) is 13.2 Å². The molecule has 3 rings (SSSR count). The van der Waals surface area contributed by atoms with Crippen molar-refractivity contribution >= 4 is 5.91 Å². The molecule has 0 atom stereocenters. The van der Waals surface area contributed by atoms with Gasteiger partial charge in [-0.3, -0.25) is 4.79 Å². The predicted molar refractivity (Wildman–Crippen MR) is 100 cm³/mol. The predicted octanol–water partition coefficient (Wildman–Crippen LogP) is 2.58. The van der Waals surface area contributed by atoms with Gasteiger partial charge >= 0.3 is 0 Å². The smallest absolute Gasteiger partial charge is 0.291 e. The summed E-state index contributed by atoms with van der Waals surface area (Å²) in [5.41, 5.74) is 5.16. The maximum atomic E-state index is 12.3. The van der Waals surface area contributed by atoms with E-state index in [0.29, 0.717) is 5.82 Å². The third kappa shape index (κ3) is 3.65. The van der Waals surface area contributed by atoms with Gasteiger partial charge in [0.25, 0.3) is 5.91 Å². The van der Waals surface area contributed by atoms with E-state index in [0.717, 1.165) is 22.4 Å². The Hall–Kier alpha value is -2.99. The fourth-order valence-corrected chi connectivity index (χ4v) is 2.67. The van der Waals surface area contributed by atoms with Crippen molar-refractivity contribution in [1.82, 2.24) is 20.1 Å². The molecule has 0 radical (unpaired) electrons. The number of benzene rings is 2. The van der Waals surface area contributed by atoms with E-state index in [9.17, 15) is 4.79 Å². The standard InChI is InChI=1S/C20H22N4O2/c1-13-5-4-6-16(11-13)19-22-18(20(26)21-9-10-25)23-24(19)17-8-7-14(2)15(3)12-17/h4-8,11-12,25H,9-10H2,1-3H3,(H,21,26). The SMILES string of the molecule is Cc1cccc(-c2nc(C(=O)NCCO)nn2-c2ccc(C)c(C)c2)c1. The minimum atomic E-state index is -0.407. The van der Waals surface area contributed by atoms with E-state index in [1.807, 2.05) is 56.3 Å². The number of aryl methyl sites for hydroxylation is 3. The lowest BCUT2D eigenvalue weighted by Crippen LogP contribution is -2.27. The fraction of sp³-hybridized carbons (Fsp3) is 0.250. The molecule has 0 fully saturated rings. The Labute approximate surface area is 152 Å². The molecule has 0 unspecified atom stereocenters. The molecule has 1 aromatic heterocycles. The van der Waals surface area contributed by atoms with Crippen LogP contribution in [0.25, 0.3) is 17.1 Å². The zero-order valence-electron chi connectivity index (χ0n) is 15.2. The number of aliphatic hydroxyl groups excluding tert-OH is 1. The van der Waals surface area contributed by atoms with E-state index in [-0.39, 0.29) is 19.0 Å². The number of carbonyl (C=O) groups excluding carboxylic acids is 1. The molecular weight excluding hydrogens is 328 g/mol. The van der Waals surface area contributed by atoms with Crippen LogP contribution in [0.4, 0.5) is 0 Å². The summed E-state index contributed by atoms with van der Waals surface area (Å²) in [4.78, 5) is 16.7. The van der Waals surface area contributed by atoms with Crippen molar-refractivity contribution in [2.24, 2.45) is 0 Å². The minimum absolute atomic E-state index is 0.0770. The molecule has 134 valence electrons. The topological polar surface area (TPSA) is 80.0 Å². The second-order valence-corrected chi connectivity index (χ2v) is 6.29. The largest absolute Gasteiger partial charge is 0.395 e. The summed E-state index contributed by atoms with van der Waals surface area (Å²) in [6.45, 7) is 6.13. The molecular formula is C20H22N4O2. The first-order chi connectivity index (χ1) is 12.5. The van der Waals surface area contributed by atoms with E-state index < -0.39 is 5.91 Å². The van der Waals surface area contributed by atoms with Gasteiger partial charge in [0.2, 0.25) is 5.82 Å². The highest BCUT2D eigenvalue weighted by atomic mass is 16.3. The maximum Gasteiger partial charge on any atom is 0.291 e. The van der Waals surface area contributed by atoms with Crippen molar-refractivity contribution < 1.29 is 9.90 Å². The Balaban J connectivity index is 2.12. The quantitative estimate of drug-likeness (QED) is 0.741. The summed E-state index contributed by atoms with van der Waals surface area (Å²) in [6, 6.07) is 13.9. The third-order valence-electron chi connectivity index (χ3n) is 4.22. The molecule has 0 spiro atoms. The van der Waals surface area contributed by atoms with Crippen molar-refractivity contribution in [2.45, 2.75) is 20.8 Å². The van der Waals surface area contributed by atoms with Gasteiger partial charge in [0, 0.05) is 12.1 Å². The number of nitrogens with one attached hydrogen (secondary N) is 1. The van der Waals surface area contributed by atoms with Gasteiger partial charge in [-0.05, 0) is 50.1 Å². The van der Waals surface area contributed by atoms with Crippen molar-refractivity contribution in [3.05, 3.63) is 65.0 Å². The second-order valence-electron chi connectivity index (χ2n) is 6.29. The van der Waals surface area contributed by atoms with E-state index in [4.69, 9.17) is 5.11 Å². The van der Waals surface area contributed by atoms with Crippen LogP contribution in [0.5, 0.6) is 0 Å². The highest BCUT2D eigenvalue weighted by Gasteiger charge is 2.18. The van der Waals surface area contributed by atoms with E-state index in [1.54, 1.807) is 4.68 Å². The molecule has 0 saturated heterocycles. The molecule has 26 heavy (non-hydrogen) atoms. The van der Waals surface area contributed by atoms with Gasteiger partial charge in [0.05, 0.1) is 12.3 Å². The highest BCUT2D eigenvalue weighted by Crippen LogP contribution is 2.23. The zero-order chi connectivity index (χ0) is 18.7. The summed E-state index contributed by atoms with van der Waals surface area (Å²) in [7, 11) is 0. The first-order valence-electron chi connectivity index (χ1n) is 8.50. The number of aromatic nitrogens is 3. The van der Waals surface area contributed by atoms with Crippen LogP contribution in [0.15, 0.2) is 42.5 Å². The van der Waals surface area contributed by atoms with Crippen LogP contribution in [0.1, 0.15) is 27.3 Å². The van der Waals surface area contributed by atoms with Crippen LogP contribution in [-0.2, 0) is 0 Å². The van der Waals surface area contributed by atoms with Gasteiger partial charge < -0.3 is 10.4 Å². The molecule has 0 bridgehead atoms. The monoisotopic (exact) mass is 350 g/mol. The Morgan fingerprint density at radius 2 is 1.92 bits per heavy atom. The average molecular weight is 350 g/mol. The first-order valence-corrected chi connectivity index (χ1v) is 8.50. The Bertz CT molecular complexity index is 947. The van der Waals surface area contributed by atoms with Crippen LogP contribution in [0, 0.1) is 20.8 Å². The number of hydrogen-bond donors (Lipinski definition) is 2. The second kappa shape index (κ2) is 7.49. The molecule has 6 heteroatoms. The molecule has 2 aromatic carbocycles. The fourth-order valence-electron chi connectivity index (χ4n) is 2.67. The van der Waals surface area contributed by atoms with Crippen molar-refractivity contribution in [1.29, 1.82) is 0 Å². The molecule has 6 nitrogen and oxygen atoms in total. The number of aliphatic hydroxyl groups is 1. The van der Waals surface area contributed by atoms with Gasteiger partial charge in [-0.15, -0.1) is 5.10 Å². The number of rotatable bonds is 5. The Kier molecular flexibility index (Phi) is 5.14. The third-order valence-corrected chi connectivity index (χ3v) is 4.22. The summed E-state index contributed by atoms with van der Waals surface area (Å²) >= 11 is 0. The van der Waals surface area contributed by atoms with Crippen molar-refractivity contribution in [3.63, 3.8) is 0 Å². The molecule has 0 saturated carbocycles. The lowest BCUT2D eigenvalue weighted by Gasteiger charge is -2.08. The number of hydrogen-bond acceptors (Lipinski definition) is 4. The van der Waals surface area contributed by atoms with Gasteiger partial charge in [0.1, 0.15) is 0 Å². The Morgan fingerprint density at radius 1 is 1.12 bits per heavy atom. The molecule has 0 aliphatic heterocycles. The normalized spacial score (nSPS) is 10.8. The molecule has 2 N–H and O–H groups in total. The van der Waals surface area contributed by atoms with E-state index in [1.165, 1.54) is 5.56 Å². The minimum Gasteiger partial charge on any atom is -0.395 e. The molecule has 3 aromatic rings. The van der Waals surface area contributed by atoms with Gasteiger partial charge in [-0.2, -0.15) is 0 Å². The number of carbonyl (C=O) groups is 1. The summed E-state index contributed by atoms with van der Waals surface area (Å²) in [5.74, 6) is 0.273. The average Bonchev–Trinajstić information content (AvgIpc) is 3.07. The highest BCUT2D eigenvalue weighted by molar-refractivity contribution is 5.91. The number of amides is 1. The maximum absolute atomic E-state index is 12.3. The molecule has 0 aliphatic carbocycles. The van der Waals surface area contributed by atoms with Crippen LogP contribution < -0.4 is 5.32 Å². The van der Waals surface area contributed by atoms with Crippen LogP contribution in [-0.4, -0.2) is 38.9 Å². The summed E-state index contributed by atoms with van der Waals surface area (Å²) < 4.78 is 1.69. The molecule has 1 amide bonds. The lowest BCUT2D eigenvalue weighted by atomic mass is 10.1. The van der Waals surface area contributed by atoms with Crippen LogP contribution in [0.3, 0.4) is 0 Å². The molecule has 0 aliphatic rings. The Morgan fingerprint density at radius 3 is 2.62 bits per heavy atom. The van der Waals surface area contributed by atoms with Crippen molar-refractivity contribution in [3.8, 4) is 17.1 Å². The van der Waals surface area contributed by atoms with Gasteiger partial charge in [0.15, 0.2) is 5.82 Å². The zero-order valence-corrected chi connectivity index (χ0v) is 15.2. The molecule has 1 heterocycles. The van der Waals surface area contributed by atoms with Gasteiger partial charge in [-0.25, -0.2) is 9.67 Å². The van der Waals surface area contributed by atoms with Crippen LogP contribution in [0.2, 0.25) is 0 Å². The van der Waals surface area contributed by atoms with Gasteiger partial charge in [-0.1, -0.05) is 29.8 Å². The summed E-state index contributed by atoms with van der Waals surface area (Å²) in [5, 5.41) is 15.9. The lowest BCUT2D eigenvalue weighted by molar-refractivity contribution is 0.0934. The van der Waals surface area contributed by atoms with Crippen LogP contribution >= 0.6 is 0 Å². The first kappa shape index (κ1) is 17.8.